The summed E-state index contributed by atoms with van der Waals surface area (Å²) in [4.78, 5) is 11.3. The Bertz CT molecular complexity index is 687. The van der Waals surface area contributed by atoms with Crippen LogP contribution in [0.2, 0.25) is 0 Å². The van der Waals surface area contributed by atoms with Gasteiger partial charge in [-0.15, -0.1) is 0 Å². The average Bonchev–Trinajstić information content (AvgIpc) is 2.45. The number of nitrogens with two attached hydrogens (primary N) is 1. The summed E-state index contributed by atoms with van der Waals surface area (Å²) in [5, 5.41) is 8.99. The summed E-state index contributed by atoms with van der Waals surface area (Å²) in [5.41, 5.74) is 8.06. The molecule has 0 aliphatic rings. The predicted molar refractivity (Wildman–Crippen MR) is 76.3 cm³/mol. The zero-order chi connectivity index (χ0) is 14.5. The van der Waals surface area contributed by atoms with E-state index in [0.717, 1.165) is 5.56 Å². The summed E-state index contributed by atoms with van der Waals surface area (Å²) < 4.78 is 5.61. The van der Waals surface area contributed by atoms with Crippen molar-refractivity contribution >= 4 is 11.5 Å². The Morgan fingerprint density at radius 2 is 2.05 bits per heavy atom. The van der Waals surface area contributed by atoms with Crippen molar-refractivity contribution in [3.05, 3.63) is 59.2 Å². The fourth-order valence-electron chi connectivity index (χ4n) is 1.87. The third-order valence-electron chi connectivity index (χ3n) is 2.93. The highest BCUT2D eigenvalue weighted by atomic mass is 16.5. The number of anilines is 1. The summed E-state index contributed by atoms with van der Waals surface area (Å²) in [5.74, 6) is 0.490. The maximum Gasteiger partial charge on any atom is 0.161 e. The van der Waals surface area contributed by atoms with Crippen LogP contribution in [-0.2, 0) is 6.61 Å². The molecule has 0 heterocycles. The molecule has 0 unspecified atom stereocenters. The Morgan fingerprint density at radius 1 is 1.30 bits per heavy atom. The number of rotatable bonds is 4. The monoisotopic (exact) mass is 266 g/mol. The van der Waals surface area contributed by atoms with E-state index in [1.807, 2.05) is 18.2 Å². The van der Waals surface area contributed by atoms with Crippen molar-refractivity contribution < 1.29 is 9.53 Å². The first-order valence-electron chi connectivity index (χ1n) is 6.13. The molecular formula is C16H14N2O2. The average molecular weight is 266 g/mol. The first kappa shape index (κ1) is 13.6. The van der Waals surface area contributed by atoms with Crippen LogP contribution in [-0.4, -0.2) is 5.78 Å². The highest BCUT2D eigenvalue weighted by Crippen LogP contribution is 2.21. The molecule has 2 aromatic rings. The van der Waals surface area contributed by atoms with E-state index in [-0.39, 0.29) is 12.4 Å². The van der Waals surface area contributed by atoms with Gasteiger partial charge in [0.25, 0.3) is 0 Å². The molecule has 0 aliphatic heterocycles. The van der Waals surface area contributed by atoms with Gasteiger partial charge in [-0.3, -0.25) is 4.79 Å². The molecule has 0 saturated heterocycles. The van der Waals surface area contributed by atoms with Gasteiger partial charge < -0.3 is 10.5 Å². The molecule has 0 bridgehead atoms. The molecule has 2 N–H and O–H groups in total. The lowest BCUT2D eigenvalue weighted by atomic mass is 10.1. The third-order valence-corrected chi connectivity index (χ3v) is 2.93. The van der Waals surface area contributed by atoms with E-state index in [1.54, 1.807) is 24.3 Å². The number of nitriles is 1. The van der Waals surface area contributed by atoms with Gasteiger partial charge in [-0.25, -0.2) is 0 Å². The molecule has 0 spiro atoms. The van der Waals surface area contributed by atoms with Gasteiger partial charge in [-0.05, 0) is 25.1 Å². The van der Waals surface area contributed by atoms with Crippen LogP contribution in [0.15, 0.2) is 42.5 Å². The molecule has 0 atom stereocenters. The molecule has 0 fully saturated rings. The first-order chi connectivity index (χ1) is 9.61. The van der Waals surface area contributed by atoms with Gasteiger partial charge in [0.1, 0.15) is 12.4 Å². The SMILES string of the molecule is CC(=O)c1ccc(OCc2ccccc2C#N)cc1N. The first-order valence-corrected chi connectivity index (χ1v) is 6.13. The number of benzene rings is 2. The fourth-order valence-corrected chi connectivity index (χ4v) is 1.87. The van der Waals surface area contributed by atoms with Gasteiger partial charge >= 0.3 is 0 Å². The van der Waals surface area contributed by atoms with Crippen LogP contribution in [0.3, 0.4) is 0 Å². The number of hydrogen-bond donors (Lipinski definition) is 1. The molecule has 0 aromatic heterocycles. The van der Waals surface area contributed by atoms with E-state index in [1.165, 1.54) is 6.92 Å². The van der Waals surface area contributed by atoms with E-state index in [2.05, 4.69) is 6.07 Å². The Hall–Kier alpha value is -2.80. The molecule has 0 amide bonds. The second-order valence-corrected chi connectivity index (χ2v) is 4.36. The Morgan fingerprint density at radius 3 is 2.70 bits per heavy atom. The van der Waals surface area contributed by atoms with Gasteiger partial charge in [-0.2, -0.15) is 5.26 Å². The van der Waals surface area contributed by atoms with E-state index in [4.69, 9.17) is 15.7 Å². The number of carbonyl (C=O) groups excluding carboxylic acids is 1. The van der Waals surface area contributed by atoms with Crippen molar-refractivity contribution in [3.8, 4) is 11.8 Å². The smallest absolute Gasteiger partial charge is 0.161 e. The van der Waals surface area contributed by atoms with Crippen molar-refractivity contribution in [2.24, 2.45) is 0 Å². The topological polar surface area (TPSA) is 76.1 Å². The minimum Gasteiger partial charge on any atom is -0.489 e. The summed E-state index contributed by atoms with van der Waals surface area (Å²) in [6, 6.07) is 14.3. The normalized spacial score (nSPS) is 9.80. The molecule has 2 rings (SSSR count). The van der Waals surface area contributed by atoms with E-state index < -0.39 is 0 Å². The summed E-state index contributed by atoms with van der Waals surface area (Å²) in [6.07, 6.45) is 0. The summed E-state index contributed by atoms with van der Waals surface area (Å²) >= 11 is 0. The zero-order valence-electron chi connectivity index (χ0n) is 11.1. The second-order valence-electron chi connectivity index (χ2n) is 4.36. The maximum absolute atomic E-state index is 11.3. The number of nitrogen functional groups attached to an aromatic ring is 1. The van der Waals surface area contributed by atoms with E-state index >= 15 is 0 Å². The van der Waals surface area contributed by atoms with E-state index in [9.17, 15) is 4.79 Å². The van der Waals surface area contributed by atoms with Crippen LogP contribution >= 0.6 is 0 Å². The van der Waals surface area contributed by atoms with Gasteiger partial charge in [-0.1, -0.05) is 18.2 Å². The standard InChI is InChI=1S/C16H14N2O2/c1-11(19)15-7-6-14(8-16(15)18)20-10-13-5-3-2-4-12(13)9-17/h2-8H,10,18H2,1H3. The molecular weight excluding hydrogens is 252 g/mol. The highest BCUT2D eigenvalue weighted by Gasteiger charge is 2.07. The van der Waals surface area contributed by atoms with Crippen LogP contribution in [0.1, 0.15) is 28.4 Å². The van der Waals surface area contributed by atoms with Crippen LogP contribution < -0.4 is 10.5 Å². The van der Waals surface area contributed by atoms with Crippen LogP contribution in [0.25, 0.3) is 0 Å². The minimum absolute atomic E-state index is 0.0797. The molecule has 4 heteroatoms. The van der Waals surface area contributed by atoms with Gasteiger partial charge in [0.15, 0.2) is 5.78 Å². The van der Waals surface area contributed by atoms with E-state index in [0.29, 0.717) is 22.6 Å². The predicted octanol–water partition coefficient (Wildman–Crippen LogP) is 2.92. The van der Waals surface area contributed by atoms with Crippen molar-refractivity contribution in [1.82, 2.24) is 0 Å². The summed E-state index contributed by atoms with van der Waals surface area (Å²) in [6.45, 7) is 1.75. The van der Waals surface area contributed by atoms with Crippen molar-refractivity contribution in [1.29, 1.82) is 5.26 Å². The molecule has 0 aliphatic carbocycles. The van der Waals surface area contributed by atoms with Crippen molar-refractivity contribution in [2.75, 3.05) is 5.73 Å². The number of nitrogens with zero attached hydrogens (tertiary/aromatic N) is 1. The van der Waals surface area contributed by atoms with Crippen molar-refractivity contribution in [3.63, 3.8) is 0 Å². The number of ketones is 1. The lowest BCUT2D eigenvalue weighted by molar-refractivity contribution is 0.101. The molecule has 2 aromatic carbocycles. The van der Waals surface area contributed by atoms with Gasteiger partial charge in [0.05, 0.1) is 11.6 Å². The lowest BCUT2D eigenvalue weighted by Crippen LogP contribution is -2.02. The quantitative estimate of drug-likeness (QED) is 0.682. The van der Waals surface area contributed by atoms with Gasteiger partial charge in [0.2, 0.25) is 0 Å². The molecule has 4 nitrogen and oxygen atoms in total. The largest absolute Gasteiger partial charge is 0.489 e. The van der Waals surface area contributed by atoms with Gasteiger partial charge in [0, 0.05) is 22.9 Å². The van der Waals surface area contributed by atoms with Crippen LogP contribution in [0.4, 0.5) is 5.69 Å². The molecule has 0 radical (unpaired) electrons. The summed E-state index contributed by atoms with van der Waals surface area (Å²) in [7, 11) is 0. The lowest BCUT2D eigenvalue weighted by Gasteiger charge is -2.09. The Labute approximate surface area is 117 Å². The minimum atomic E-state index is -0.0797. The van der Waals surface area contributed by atoms with Crippen molar-refractivity contribution in [2.45, 2.75) is 13.5 Å². The molecule has 0 saturated carbocycles. The zero-order valence-corrected chi connectivity index (χ0v) is 11.1. The number of ether oxygens (including phenoxy) is 1. The van der Waals surface area contributed by atoms with Crippen LogP contribution in [0, 0.1) is 11.3 Å². The second kappa shape index (κ2) is 5.89. The number of hydrogen-bond acceptors (Lipinski definition) is 4. The Kier molecular flexibility index (Phi) is 4.02. The fraction of sp³-hybridized carbons (Fsp3) is 0.125. The van der Waals surface area contributed by atoms with Crippen LogP contribution in [0.5, 0.6) is 5.75 Å². The third kappa shape index (κ3) is 2.96. The number of Topliss-reactive ketones (excluding diaryl/α,β-unsaturated/α-hetero) is 1. The maximum atomic E-state index is 11.3. The molecule has 20 heavy (non-hydrogen) atoms. The number of carbonyl (C=O) groups is 1. The Balaban J connectivity index is 2.14. The molecule has 100 valence electrons. The highest BCUT2D eigenvalue weighted by molar-refractivity contribution is 5.99.